The largest absolute Gasteiger partial charge is 0.451 e. The molecule has 3 rings (SSSR count). The quantitative estimate of drug-likeness (QED) is 0.449. The number of hydrogen-bond acceptors (Lipinski definition) is 7. The molecule has 9 nitrogen and oxygen atoms in total. The highest BCUT2D eigenvalue weighted by Crippen LogP contribution is 2.33. The summed E-state index contributed by atoms with van der Waals surface area (Å²) >= 11 is 0. The second-order valence-corrected chi connectivity index (χ2v) is 6.65. The molecule has 1 heterocycles. The molecule has 9 heteroatoms. The van der Waals surface area contributed by atoms with E-state index in [4.69, 9.17) is 0 Å². The van der Waals surface area contributed by atoms with Crippen LogP contribution in [0.3, 0.4) is 0 Å². The van der Waals surface area contributed by atoms with Gasteiger partial charge in [0.25, 0.3) is 11.8 Å². The minimum absolute atomic E-state index is 0.289. The first-order chi connectivity index (χ1) is 13.3. The Morgan fingerprint density at radius 3 is 2.50 bits per heavy atom. The third-order valence-electron chi connectivity index (χ3n) is 4.42. The Balaban J connectivity index is 2.04. The SMILES string of the molecule is COC(=O)N(C)N=Nc1cc2c3c(cccc3c1)C(=O)N(CCN(C)C)C2=O. The van der Waals surface area contributed by atoms with Crippen molar-refractivity contribution in [3.63, 3.8) is 0 Å². The lowest BCUT2D eigenvalue weighted by Crippen LogP contribution is -2.43. The van der Waals surface area contributed by atoms with Gasteiger partial charge in [-0.25, -0.2) is 4.79 Å². The maximum Gasteiger partial charge on any atom is 0.431 e. The number of rotatable bonds is 5. The van der Waals surface area contributed by atoms with E-state index < -0.39 is 6.09 Å². The van der Waals surface area contributed by atoms with E-state index >= 15 is 0 Å². The predicted octanol–water partition coefficient (Wildman–Crippen LogP) is 2.69. The van der Waals surface area contributed by atoms with E-state index in [9.17, 15) is 14.4 Å². The lowest BCUT2D eigenvalue weighted by atomic mass is 9.93. The first-order valence-electron chi connectivity index (χ1n) is 8.64. The average molecular weight is 383 g/mol. The lowest BCUT2D eigenvalue weighted by molar-refractivity contribution is 0.0601. The fraction of sp³-hybridized carbons (Fsp3) is 0.316. The molecule has 0 aliphatic carbocycles. The molecule has 1 aliphatic heterocycles. The number of carbonyl (C=O) groups excluding carboxylic acids is 3. The van der Waals surface area contributed by atoms with Crippen LogP contribution in [0.4, 0.5) is 10.5 Å². The van der Waals surface area contributed by atoms with Crippen LogP contribution in [0.25, 0.3) is 10.8 Å². The number of nitrogens with zero attached hydrogens (tertiary/aromatic N) is 5. The first-order valence-corrected chi connectivity index (χ1v) is 8.64. The van der Waals surface area contributed by atoms with E-state index in [-0.39, 0.29) is 18.4 Å². The summed E-state index contributed by atoms with van der Waals surface area (Å²) in [5, 5.41) is 10.1. The molecular formula is C19H21N5O4. The van der Waals surface area contributed by atoms with Crippen LogP contribution in [0.15, 0.2) is 40.7 Å². The molecule has 0 saturated heterocycles. The van der Waals surface area contributed by atoms with Gasteiger partial charge in [0.15, 0.2) is 0 Å². The van der Waals surface area contributed by atoms with E-state index in [2.05, 4.69) is 15.1 Å². The Labute approximate surface area is 162 Å². The van der Waals surface area contributed by atoms with Crippen LogP contribution >= 0.6 is 0 Å². The monoisotopic (exact) mass is 383 g/mol. The number of benzene rings is 2. The van der Waals surface area contributed by atoms with Crippen LogP contribution in [0.5, 0.6) is 0 Å². The van der Waals surface area contributed by atoms with Crippen LogP contribution in [-0.4, -0.2) is 74.1 Å². The number of likely N-dealkylation sites (N-methyl/N-ethyl adjacent to an activating group) is 1. The maximum absolute atomic E-state index is 13.0. The van der Waals surface area contributed by atoms with Crippen molar-refractivity contribution in [1.29, 1.82) is 0 Å². The third-order valence-corrected chi connectivity index (χ3v) is 4.42. The average Bonchev–Trinajstić information content (AvgIpc) is 2.68. The molecule has 3 amide bonds. The standard InChI is InChI=1S/C19H21N5O4/c1-22(2)8-9-24-17(25)14-7-5-6-12-10-13(11-15(16(12)14)18(24)26)20-21-23(3)19(27)28-4/h5-7,10-11H,8-9H2,1-4H3. The van der Waals surface area contributed by atoms with Crippen LogP contribution in [-0.2, 0) is 4.74 Å². The molecule has 2 aromatic rings. The summed E-state index contributed by atoms with van der Waals surface area (Å²) in [5.41, 5.74) is 1.27. The summed E-state index contributed by atoms with van der Waals surface area (Å²) in [6, 6.07) is 8.59. The van der Waals surface area contributed by atoms with Crippen molar-refractivity contribution >= 4 is 34.4 Å². The van der Waals surface area contributed by atoms with E-state index in [1.165, 1.54) is 19.1 Å². The molecule has 1 aliphatic rings. The Morgan fingerprint density at radius 2 is 1.82 bits per heavy atom. The Kier molecular flexibility index (Phi) is 5.36. The molecule has 2 aromatic carbocycles. The second kappa shape index (κ2) is 7.73. The van der Waals surface area contributed by atoms with Crippen molar-refractivity contribution in [2.75, 3.05) is 41.3 Å². The highest BCUT2D eigenvalue weighted by Gasteiger charge is 2.32. The zero-order chi connectivity index (χ0) is 20.4. The highest BCUT2D eigenvalue weighted by atomic mass is 16.5. The third kappa shape index (κ3) is 3.56. The van der Waals surface area contributed by atoms with Crippen molar-refractivity contribution < 1.29 is 19.1 Å². The van der Waals surface area contributed by atoms with Gasteiger partial charge in [-0.15, -0.1) is 5.11 Å². The van der Waals surface area contributed by atoms with Crippen LogP contribution < -0.4 is 0 Å². The van der Waals surface area contributed by atoms with Gasteiger partial charge in [0.1, 0.15) is 0 Å². The van der Waals surface area contributed by atoms with E-state index in [0.29, 0.717) is 34.1 Å². The van der Waals surface area contributed by atoms with Crippen molar-refractivity contribution in [2.45, 2.75) is 0 Å². The Bertz CT molecular complexity index is 986. The number of hydrogen-bond donors (Lipinski definition) is 0. The number of imide groups is 1. The summed E-state index contributed by atoms with van der Waals surface area (Å²) in [6.07, 6.45) is -0.662. The topological polar surface area (TPSA) is 94.9 Å². The van der Waals surface area contributed by atoms with Crippen molar-refractivity contribution in [1.82, 2.24) is 14.8 Å². The van der Waals surface area contributed by atoms with E-state index in [1.807, 2.05) is 19.0 Å². The molecule has 0 spiro atoms. The van der Waals surface area contributed by atoms with Crippen molar-refractivity contribution in [2.24, 2.45) is 10.3 Å². The Hall–Kier alpha value is -3.33. The van der Waals surface area contributed by atoms with E-state index in [0.717, 1.165) is 5.01 Å². The number of carbonyl (C=O) groups is 3. The molecule has 0 saturated carbocycles. The van der Waals surface area contributed by atoms with Gasteiger partial charge < -0.3 is 9.64 Å². The molecule has 0 bridgehead atoms. The molecule has 0 aromatic heterocycles. The van der Waals surface area contributed by atoms with Gasteiger partial charge >= 0.3 is 6.09 Å². The summed E-state index contributed by atoms with van der Waals surface area (Å²) in [5.74, 6) is -0.668. The molecule has 0 unspecified atom stereocenters. The molecular weight excluding hydrogens is 362 g/mol. The zero-order valence-corrected chi connectivity index (χ0v) is 16.2. The fourth-order valence-electron chi connectivity index (χ4n) is 2.99. The van der Waals surface area contributed by atoms with E-state index in [1.54, 1.807) is 30.3 Å². The van der Waals surface area contributed by atoms with Crippen molar-refractivity contribution in [3.8, 4) is 0 Å². The lowest BCUT2D eigenvalue weighted by Gasteiger charge is -2.28. The van der Waals surface area contributed by atoms with Gasteiger partial charge in [-0.2, -0.15) is 5.01 Å². The molecule has 28 heavy (non-hydrogen) atoms. The van der Waals surface area contributed by atoms with Crippen LogP contribution in [0.1, 0.15) is 20.7 Å². The fourth-order valence-corrected chi connectivity index (χ4v) is 2.99. The highest BCUT2D eigenvalue weighted by molar-refractivity contribution is 6.25. The minimum Gasteiger partial charge on any atom is -0.451 e. The maximum atomic E-state index is 13.0. The van der Waals surface area contributed by atoms with Gasteiger partial charge in [-0.1, -0.05) is 17.4 Å². The Morgan fingerprint density at radius 1 is 1.11 bits per heavy atom. The number of ether oxygens (including phenoxy) is 1. The van der Waals surface area contributed by atoms with Crippen molar-refractivity contribution in [3.05, 3.63) is 41.5 Å². The second-order valence-electron chi connectivity index (χ2n) is 6.65. The first kappa shape index (κ1) is 19.4. The molecule has 0 atom stereocenters. The van der Waals surface area contributed by atoms with Gasteiger partial charge in [0, 0.05) is 31.1 Å². The van der Waals surface area contributed by atoms with Crippen LogP contribution in [0, 0.1) is 0 Å². The normalized spacial score (nSPS) is 13.7. The van der Waals surface area contributed by atoms with Crippen LogP contribution in [0.2, 0.25) is 0 Å². The summed E-state index contributed by atoms with van der Waals surface area (Å²) in [7, 11) is 6.41. The van der Waals surface area contributed by atoms with Gasteiger partial charge in [-0.05, 0) is 37.7 Å². The summed E-state index contributed by atoms with van der Waals surface area (Å²) < 4.78 is 4.56. The molecule has 0 N–H and O–H groups in total. The summed E-state index contributed by atoms with van der Waals surface area (Å²) in [6.45, 7) is 0.851. The molecule has 0 fully saturated rings. The number of amides is 3. The minimum atomic E-state index is -0.662. The molecule has 146 valence electrons. The predicted molar refractivity (Wildman–Crippen MR) is 103 cm³/mol. The van der Waals surface area contributed by atoms with Gasteiger partial charge in [0.2, 0.25) is 0 Å². The zero-order valence-electron chi connectivity index (χ0n) is 16.2. The number of methoxy groups -OCH3 is 1. The summed E-state index contributed by atoms with van der Waals surface area (Å²) in [4.78, 5) is 40.4. The van der Waals surface area contributed by atoms with Gasteiger partial charge in [0.05, 0.1) is 18.4 Å². The smallest absolute Gasteiger partial charge is 0.431 e. The van der Waals surface area contributed by atoms with Gasteiger partial charge in [-0.3, -0.25) is 14.5 Å². The molecule has 0 radical (unpaired) electrons.